The van der Waals surface area contributed by atoms with E-state index in [0.717, 1.165) is 37.8 Å². The lowest BCUT2D eigenvalue weighted by atomic mass is 9.92. The Balaban J connectivity index is 1.49. The van der Waals surface area contributed by atoms with Crippen LogP contribution in [0.4, 0.5) is 8.78 Å². The Labute approximate surface area is 149 Å². The first-order chi connectivity index (χ1) is 12.5. The molecule has 1 aromatic carbocycles. The predicted octanol–water partition coefficient (Wildman–Crippen LogP) is 3.35. The van der Waals surface area contributed by atoms with E-state index < -0.39 is 17.5 Å². The number of rotatable bonds is 4. The molecule has 0 bridgehead atoms. The first kappa shape index (κ1) is 17.8. The van der Waals surface area contributed by atoms with Gasteiger partial charge in [-0.25, -0.2) is 13.8 Å². The van der Waals surface area contributed by atoms with Crippen molar-refractivity contribution in [2.24, 2.45) is 0 Å². The van der Waals surface area contributed by atoms with E-state index in [2.05, 4.69) is 10.3 Å². The number of amides is 1. The zero-order valence-electron chi connectivity index (χ0n) is 13.9. The van der Waals surface area contributed by atoms with Crippen LogP contribution in [0.2, 0.25) is 0 Å². The molecule has 1 saturated carbocycles. The van der Waals surface area contributed by atoms with Crippen LogP contribution in [-0.2, 0) is 0 Å². The molecule has 26 heavy (non-hydrogen) atoms. The molecule has 0 atom stereocenters. The van der Waals surface area contributed by atoms with Crippen molar-refractivity contribution in [1.29, 1.82) is 5.26 Å². The number of nitriles is 1. The average Bonchev–Trinajstić information content (AvgIpc) is 2.66. The Morgan fingerprint density at radius 2 is 1.92 bits per heavy atom. The van der Waals surface area contributed by atoms with E-state index >= 15 is 0 Å². The summed E-state index contributed by atoms with van der Waals surface area (Å²) in [5.41, 5.74) is 0.574. The van der Waals surface area contributed by atoms with E-state index in [9.17, 15) is 13.6 Å². The van der Waals surface area contributed by atoms with Gasteiger partial charge in [0.2, 0.25) is 5.88 Å². The highest BCUT2D eigenvalue weighted by molar-refractivity contribution is 5.94. The molecular weight excluding hydrogens is 340 g/mol. The van der Waals surface area contributed by atoms with Crippen LogP contribution < -0.4 is 10.1 Å². The van der Waals surface area contributed by atoms with Gasteiger partial charge in [-0.05, 0) is 49.9 Å². The van der Waals surface area contributed by atoms with Gasteiger partial charge in [0.25, 0.3) is 5.91 Å². The lowest BCUT2D eigenvalue weighted by molar-refractivity contribution is 0.0889. The van der Waals surface area contributed by atoms with E-state index in [-0.39, 0.29) is 17.7 Å². The zero-order valence-corrected chi connectivity index (χ0v) is 13.9. The maximum absolute atomic E-state index is 13.2. The molecule has 1 aliphatic carbocycles. The monoisotopic (exact) mass is 357 g/mol. The van der Waals surface area contributed by atoms with Gasteiger partial charge >= 0.3 is 0 Å². The average molecular weight is 357 g/mol. The Morgan fingerprint density at radius 3 is 2.54 bits per heavy atom. The number of aromatic nitrogens is 1. The summed E-state index contributed by atoms with van der Waals surface area (Å²) in [5.74, 6) is -1.96. The second-order valence-electron chi connectivity index (χ2n) is 6.19. The van der Waals surface area contributed by atoms with Crippen LogP contribution in [0.15, 0.2) is 36.5 Å². The first-order valence-electron chi connectivity index (χ1n) is 8.34. The Bertz CT molecular complexity index is 826. The standard InChI is InChI=1S/C19H17F2N3O2/c20-16-7-2-13(9-17(16)21)19(25)24-14-3-5-15(6-4-14)26-18-8-1-12(10-22)11-23-18/h1-2,7-9,11,14-15H,3-6H2,(H,24,25). The van der Waals surface area contributed by atoms with E-state index in [1.54, 1.807) is 12.1 Å². The van der Waals surface area contributed by atoms with Crippen molar-refractivity contribution in [1.82, 2.24) is 10.3 Å². The van der Waals surface area contributed by atoms with Gasteiger partial charge in [-0.3, -0.25) is 4.79 Å². The number of ether oxygens (including phenoxy) is 1. The molecule has 1 amide bonds. The summed E-state index contributed by atoms with van der Waals surface area (Å²) in [7, 11) is 0. The number of carbonyl (C=O) groups is 1. The minimum atomic E-state index is -1.04. The van der Waals surface area contributed by atoms with Crippen molar-refractivity contribution in [2.45, 2.75) is 37.8 Å². The number of carbonyl (C=O) groups excluding carboxylic acids is 1. The highest BCUT2D eigenvalue weighted by atomic mass is 19.2. The molecule has 134 valence electrons. The molecule has 0 aliphatic heterocycles. The van der Waals surface area contributed by atoms with E-state index in [1.165, 1.54) is 12.3 Å². The van der Waals surface area contributed by atoms with Gasteiger partial charge in [-0.1, -0.05) is 0 Å². The second kappa shape index (κ2) is 7.91. The first-order valence-corrected chi connectivity index (χ1v) is 8.34. The van der Waals surface area contributed by atoms with Crippen LogP contribution in [0.1, 0.15) is 41.6 Å². The molecular formula is C19H17F2N3O2. The van der Waals surface area contributed by atoms with Crippen LogP contribution in [0.5, 0.6) is 5.88 Å². The maximum atomic E-state index is 13.2. The van der Waals surface area contributed by atoms with Gasteiger partial charge < -0.3 is 10.1 Å². The van der Waals surface area contributed by atoms with Crippen molar-refractivity contribution in [3.05, 3.63) is 59.3 Å². The minimum Gasteiger partial charge on any atom is -0.474 e. The molecule has 1 heterocycles. The van der Waals surface area contributed by atoms with Crippen molar-refractivity contribution in [3.8, 4) is 11.9 Å². The molecule has 2 aromatic rings. The van der Waals surface area contributed by atoms with Gasteiger partial charge in [0.15, 0.2) is 11.6 Å². The van der Waals surface area contributed by atoms with Crippen LogP contribution >= 0.6 is 0 Å². The highest BCUT2D eigenvalue weighted by Gasteiger charge is 2.24. The summed E-state index contributed by atoms with van der Waals surface area (Å²) >= 11 is 0. The van der Waals surface area contributed by atoms with Gasteiger partial charge in [0, 0.05) is 23.9 Å². The van der Waals surface area contributed by atoms with Gasteiger partial charge in [-0.15, -0.1) is 0 Å². The summed E-state index contributed by atoms with van der Waals surface area (Å²) in [4.78, 5) is 16.2. The molecule has 7 heteroatoms. The molecule has 1 aromatic heterocycles. The molecule has 0 spiro atoms. The van der Waals surface area contributed by atoms with Crippen molar-refractivity contribution < 1.29 is 18.3 Å². The molecule has 5 nitrogen and oxygen atoms in total. The predicted molar refractivity (Wildman–Crippen MR) is 89.4 cm³/mol. The summed E-state index contributed by atoms with van der Waals surface area (Å²) in [5, 5.41) is 11.6. The van der Waals surface area contributed by atoms with E-state index in [1.807, 2.05) is 6.07 Å². The number of benzene rings is 1. The number of nitrogens with zero attached hydrogens (tertiary/aromatic N) is 2. The topological polar surface area (TPSA) is 75.0 Å². The third-order valence-corrected chi connectivity index (χ3v) is 4.34. The summed E-state index contributed by atoms with van der Waals surface area (Å²) in [6.07, 6.45) is 4.37. The minimum absolute atomic E-state index is 0.00754. The normalized spacial score (nSPS) is 19.4. The smallest absolute Gasteiger partial charge is 0.251 e. The summed E-state index contributed by atoms with van der Waals surface area (Å²) in [6, 6.07) is 8.38. The van der Waals surface area contributed by atoms with Crippen LogP contribution in [0, 0.1) is 23.0 Å². The van der Waals surface area contributed by atoms with E-state index in [4.69, 9.17) is 10.00 Å². The molecule has 0 saturated heterocycles. The van der Waals surface area contributed by atoms with Gasteiger partial charge in [0.05, 0.1) is 5.56 Å². The third kappa shape index (κ3) is 4.33. The molecule has 1 aliphatic rings. The van der Waals surface area contributed by atoms with Gasteiger partial charge in [-0.2, -0.15) is 5.26 Å². The number of pyridine rings is 1. The van der Waals surface area contributed by atoms with Crippen molar-refractivity contribution >= 4 is 5.91 Å². The Hall–Kier alpha value is -3.01. The second-order valence-corrected chi connectivity index (χ2v) is 6.19. The Morgan fingerprint density at radius 1 is 1.15 bits per heavy atom. The third-order valence-electron chi connectivity index (χ3n) is 4.34. The van der Waals surface area contributed by atoms with Crippen LogP contribution in [-0.4, -0.2) is 23.0 Å². The van der Waals surface area contributed by atoms with Gasteiger partial charge in [0.1, 0.15) is 12.2 Å². The Kier molecular flexibility index (Phi) is 5.42. The lowest BCUT2D eigenvalue weighted by Crippen LogP contribution is -2.39. The molecule has 3 rings (SSSR count). The number of nitrogens with one attached hydrogen (secondary N) is 1. The summed E-state index contributed by atoms with van der Waals surface area (Å²) in [6.45, 7) is 0. The zero-order chi connectivity index (χ0) is 18.5. The lowest BCUT2D eigenvalue weighted by Gasteiger charge is -2.29. The summed E-state index contributed by atoms with van der Waals surface area (Å²) < 4.78 is 32.0. The van der Waals surface area contributed by atoms with Crippen molar-refractivity contribution in [2.75, 3.05) is 0 Å². The SMILES string of the molecule is N#Cc1ccc(OC2CCC(NC(=O)c3ccc(F)c(F)c3)CC2)nc1. The maximum Gasteiger partial charge on any atom is 0.251 e. The molecule has 0 radical (unpaired) electrons. The molecule has 1 fully saturated rings. The highest BCUT2D eigenvalue weighted by Crippen LogP contribution is 2.23. The number of halogens is 2. The van der Waals surface area contributed by atoms with E-state index in [0.29, 0.717) is 11.4 Å². The fourth-order valence-electron chi connectivity index (χ4n) is 2.92. The quantitative estimate of drug-likeness (QED) is 0.911. The van der Waals surface area contributed by atoms with Crippen molar-refractivity contribution in [3.63, 3.8) is 0 Å². The fraction of sp³-hybridized carbons (Fsp3) is 0.316. The largest absolute Gasteiger partial charge is 0.474 e. The molecule has 1 N–H and O–H groups in total. The fourth-order valence-corrected chi connectivity index (χ4v) is 2.92. The number of hydrogen-bond donors (Lipinski definition) is 1. The molecule has 0 unspecified atom stereocenters. The number of hydrogen-bond acceptors (Lipinski definition) is 4. The van der Waals surface area contributed by atoms with Crippen LogP contribution in [0.25, 0.3) is 0 Å². The van der Waals surface area contributed by atoms with Crippen LogP contribution in [0.3, 0.4) is 0 Å².